The summed E-state index contributed by atoms with van der Waals surface area (Å²) in [4.78, 5) is 26.5. The molecule has 0 bridgehead atoms. The van der Waals surface area contributed by atoms with Crippen LogP contribution in [0.4, 0.5) is 5.69 Å². The van der Waals surface area contributed by atoms with E-state index in [1.165, 1.54) is 19.3 Å². The van der Waals surface area contributed by atoms with Crippen molar-refractivity contribution in [1.29, 1.82) is 0 Å². The number of rotatable bonds is 9. The monoisotopic (exact) mass is 359 g/mol. The van der Waals surface area contributed by atoms with Gasteiger partial charge in [-0.1, -0.05) is 33.1 Å². The lowest BCUT2D eigenvalue weighted by molar-refractivity contribution is -0.129. The first kappa shape index (κ1) is 20.3. The van der Waals surface area contributed by atoms with E-state index in [2.05, 4.69) is 24.5 Å². The Bertz CT molecular complexity index is 559. The fraction of sp³-hybridized carbons (Fsp3) is 0.619. The van der Waals surface area contributed by atoms with Crippen LogP contribution in [0.5, 0.6) is 0 Å². The van der Waals surface area contributed by atoms with Crippen molar-refractivity contribution in [1.82, 2.24) is 10.2 Å². The fourth-order valence-corrected chi connectivity index (χ4v) is 3.45. The Morgan fingerprint density at radius 3 is 2.19 bits per heavy atom. The zero-order valence-electron chi connectivity index (χ0n) is 16.2. The third-order valence-corrected chi connectivity index (χ3v) is 4.87. The van der Waals surface area contributed by atoms with Crippen LogP contribution in [-0.4, -0.2) is 42.4 Å². The van der Waals surface area contributed by atoms with Crippen molar-refractivity contribution in [2.24, 2.45) is 0 Å². The van der Waals surface area contributed by atoms with Crippen molar-refractivity contribution in [2.45, 2.75) is 64.8 Å². The number of nitrogens with zero attached hydrogens (tertiary/aromatic N) is 1. The molecule has 0 aliphatic heterocycles. The number of hydrogen-bond donors (Lipinski definition) is 2. The van der Waals surface area contributed by atoms with E-state index in [4.69, 9.17) is 0 Å². The van der Waals surface area contributed by atoms with Crippen molar-refractivity contribution in [3.05, 3.63) is 29.8 Å². The van der Waals surface area contributed by atoms with E-state index in [1.54, 1.807) is 0 Å². The normalized spacial score (nSPS) is 14.7. The van der Waals surface area contributed by atoms with Crippen molar-refractivity contribution >= 4 is 17.5 Å². The zero-order chi connectivity index (χ0) is 18.8. The van der Waals surface area contributed by atoms with Gasteiger partial charge in [0, 0.05) is 30.4 Å². The smallest absolute Gasteiger partial charge is 0.251 e. The maximum atomic E-state index is 12.3. The molecule has 2 amide bonds. The highest BCUT2D eigenvalue weighted by Crippen LogP contribution is 2.18. The molecule has 5 heteroatoms. The lowest BCUT2D eigenvalue weighted by Gasteiger charge is -2.23. The molecule has 0 spiro atoms. The number of carbonyl (C=O) groups is 2. The molecule has 5 nitrogen and oxygen atoms in total. The van der Waals surface area contributed by atoms with Crippen LogP contribution in [0.1, 0.15) is 69.2 Å². The Morgan fingerprint density at radius 2 is 1.62 bits per heavy atom. The molecule has 2 rings (SSSR count). The Labute approximate surface area is 157 Å². The topological polar surface area (TPSA) is 61.4 Å². The van der Waals surface area contributed by atoms with Crippen LogP contribution < -0.4 is 10.6 Å². The second kappa shape index (κ2) is 10.8. The second-order valence-electron chi connectivity index (χ2n) is 7.12. The Balaban J connectivity index is 1.82. The van der Waals surface area contributed by atoms with E-state index in [-0.39, 0.29) is 18.4 Å². The summed E-state index contributed by atoms with van der Waals surface area (Å²) in [6, 6.07) is 7.69. The molecule has 1 aromatic carbocycles. The van der Waals surface area contributed by atoms with E-state index in [9.17, 15) is 9.59 Å². The van der Waals surface area contributed by atoms with Gasteiger partial charge in [0.25, 0.3) is 5.91 Å². The molecule has 0 heterocycles. The van der Waals surface area contributed by atoms with Gasteiger partial charge in [-0.3, -0.25) is 9.59 Å². The quantitative estimate of drug-likeness (QED) is 0.705. The number of hydrogen-bond acceptors (Lipinski definition) is 3. The van der Waals surface area contributed by atoms with Gasteiger partial charge in [-0.05, 0) is 49.9 Å². The summed E-state index contributed by atoms with van der Waals surface area (Å²) < 4.78 is 0. The predicted molar refractivity (Wildman–Crippen MR) is 106 cm³/mol. The van der Waals surface area contributed by atoms with Gasteiger partial charge >= 0.3 is 0 Å². The summed E-state index contributed by atoms with van der Waals surface area (Å²) in [5, 5.41) is 6.29. The molecular weight excluding hydrogens is 326 g/mol. The van der Waals surface area contributed by atoms with Crippen LogP contribution in [0.25, 0.3) is 0 Å². The van der Waals surface area contributed by atoms with E-state index in [0.29, 0.717) is 11.6 Å². The molecular formula is C21H33N3O2. The highest BCUT2D eigenvalue weighted by molar-refractivity contribution is 5.94. The first-order valence-electron chi connectivity index (χ1n) is 10.1. The Hall–Kier alpha value is -2.04. The first-order valence-corrected chi connectivity index (χ1v) is 10.1. The van der Waals surface area contributed by atoms with Crippen molar-refractivity contribution in [3.8, 4) is 0 Å². The minimum absolute atomic E-state index is 0.00315. The number of amides is 2. The molecule has 1 aromatic rings. The second-order valence-corrected chi connectivity index (χ2v) is 7.12. The highest BCUT2D eigenvalue weighted by Gasteiger charge is 2.16. The molecule has 1 aliphatic carbocycles. The molecule has 144 valence electrons. The van der Waals surface area contributed by atoms with Crippen molar-refractivity contribution < 1.29 is 9.59 Å². The van der Waals surface area contributed by atoms with Gasteiger partial charge in [0.1, 0.15) is 0 Å². The Kier molecular flexibility index (Phi) is 8.45. The van der Waals surface area contributed by atoms with Crippen LogP contribution in [0.3, 0.4) is 0 Å². The van der Waals surface area contributed by atoms with Gasteiger partial charge < -0.3 is 15.5 Å². The van der Waals surface area contributed by atoms with Crippen LogP contribution in [0.15, 0.2) is 24.3 Å². The van der Waals surface area contributed by atoms with Gasteiger partial charge in [-0.15, -0.1) is 0 Å². The lowest BCUT2D eigenvalue weighted by atomic mass is 9.95. The number of benzene rings is 1. The molecule has 0 atom stereocenters. The number of anilines is 1. The zero-order valence-corrected chi connectivity index (χ0v) is 16.2. The molecule has 1 aliphatic rings. The molecule has 0 unspecified atom stereocenters. The SMILES string of the molecule is CCCN(CCC)C(=O)CNc1ccc(C(=O)NC2CCCCC2)cc1. The maximum Gasteiger partial charge on any atom is 0.251 e. The fourth-order valence-electron chi connectivity index (χ4n) is 3.45. The van der Waals surface area contributed by atoms with Crippen LogP contribution in [0.2, 0.25) is 0 Å². The van der Waals surface area contributed by atoms with E-state index >= 15 is 0 Å². The van der Waals surface area contributed by atoms with Crippen molar-refractivity contribution in [3.63, 3.8) is 0 Å². The van der Waals surface area contributed by atoms with E-state index in [0.717, 1.165) is 44.5 Å². The summed E-state index contributed by atoms with van der Waals surface area (Å²) >= 11 is 0. The molecule has 26 heavy (non-hydrogen) atoms. The largest absolute Gasteiger partial charge is 0.376 e. The van der Waals surface area contributed by atoms with Gasteiger partial charge in [0.15, 0.2) is 0 Å². The minimum Gasteiger partial charge on any atom is -0.376 e. The third-order valence-electron chi connectivity index (χ3n) is 4.87. The molecule has 1 saturated carbocycles. The van der Waals surface area contributed by atoms with Crippen LogP contribution in [-0.2, 0) is 4.79 Å². The molecule has 1 fully saturated rings. The standard InChI is InChI=1S/C21H33N3O2/c1-3-14-24(15-4-2)20(25)16-22-18-12-10-17(11-13-18)21(26)23-19-8-6-5-7-9-19/h10-13,19,22H,3-9,14-16H2,1-2H3,(H,23,26). The number of carbonyl (C=O) groups excluding carboxylic acids is 2. The molecule has 2 N–H and O–H groups in total. The average molecular weight is 360 g/mol. The summed E-state index contributed by atoms with van der Waals surface area (Å²) in [5.74, 6) is 0.115. The van der Waals surface area contributed by atoms with Crippen molar-refractivity contribution in [2.75, 3.05) is 25.0 Å². The summed E-state index contributed by atoms with van der Waals surface area (Å²) in [7, 11) is 0. The molecule has 0 aromatic heterocycles. The number of nitrogens with one attached hydrogen (secondary N) is 2. The predicted octanol–water partition coefficient (Wildman–Crippen LogP) is 3.81. The molecule has 0 radical (unpaired) electrons. The summed E-state index contributed by atoms with van der Waals surface area (Å²) in [5.41, 5.74) is 1.53. The van der Waals surface area contributed by atoms with Gasteiger partial charge in [0.2, 0.25) is 5.91 Å². The van der Waals surface area contributed by atoms with Crippen LogP contribution >= 0.6 is 0 Å². The minimum atomic E-state index is -0.00315. The maximum absolute atomic E-state index is 12.3. The molecule has 0 saturated heterocycles. The Morgan fingerprint density at radius 1 is 1.00 bits per heavy atom. The van der Waals surface area contributed by atoms with Gasteiger partial charge in [-0.2, -0.15) is 0 Å². The van der Waals surface area contributed by atoms with E-state index < -0.39 is 0 Å². The van der Waals surface area contributed by atoms with Crippen LogP contribution in [0, 0.1) is 0 Å². The van der Waals surface area contributed by atoms with Gasteiger partial charge in [-0.25, -0.2) is 0 Å². The average Bonchev–Trinajstić information content (AvgIpc) is 2.67. The van der Waals surface area contributed by atoms with Gasteiger partial charge in [0.05, 0.1) is 6.54 Å². The summed E-state index contributed by atoms with van der Waals surface area (Å²) in [6.07, 6.45) is 7.79. The first-order chi connectivity index (χ1) is 12.6. The lowest BCUT2D eigenvalue weighted by Crippen LogP contribution is -2.36. The summed E-state index contributed by atoms with van der Waals surface area (Å²) in [6.45, 7) is 6.05. The third kappa shape index (κ3) is 6.36. The highest BCUT2D eigenvalue weighted by atomic mass is 16.2. The van der Waals surface area contributed by atoms with E-state index in [1.807, 2.05) is 29.2 Å².